The van der Waals surface area contributed by atoms with Crippen LogP contribution in [0.3, 0.4) is 0 Å². The molecule has 4 amide bonds. The van der Waals surface area contributed by atoms with Crippen molar-refractivity contribution in [2.45, 2.75) is 20.8 Å². The number of aromatic nitrogens is 1. The van der Waals surface area contributed by atoms with E-state index >= 15 is 0 Å². The number of anilines is 1. The Morgan fingerprint density at radius 1 is 0.938 bits per heavy atom. The van der Waals surface area contributed by atoms with Crippen LogP contribution in [-0.2, 0) is 9.59 Å². The Labute approximate surface area is 198 Å². The second kappa shape index (κ2) is 8.41. The quantitative estimate of drug-likeness (QED) is 0.373. The third-order valence-electron chi connectivity index (χ3n) is 5.36. The van der Waals surface area contributed by atoms with Crippen molar-refractivity contribution in [1.82, 2.24) is 9.88 Å². The summed E-state index contributed by atoms with van der Waals surface area (Å²) >= 11 is 9.43. The first-order valence-corrected chi connectivity index (χ1v) is 11.0. The smallest absolute Gasteiger partial charge is 0.318 e. The fourth-order valence-corrected chi connectivity index (χ4v) is 4.11. The lowest BCUT2D eigenvalue weighted by molar-refractivity contribution is -0.122. The molecule has 6 nitrogen and oxygen atoms in total. The summed E-state index contributed by atoms with van der Waals surface area (Å²) in [6.45, 7) is 5.89. The van der Waals surface area contributed by atoms with E-state index in [1.807, 2.05) is 39.0 Å². The summed E-state index contributed by atoms with van der Waals surface area (Å²) in [6, 6.07) is 13.4. The Morgan fingerprint density at radius 3 is 2.25 bits per heavy atom. The summed E-state index contributed by atoms with van der Waals surface area (Å²) in [6.07, 6.45) is 1.53. The van der Waals surface area contributed by atoms with E-state index in [4.69, 9.17) is 11.6 Å². The van der Waals surface area contributed by atoms with Gasteiger partial charge in [-0.1, -0.05) is 27.5 Å². The van der Waals surface area contributed by atoms with Gasteiger partial charge in [-0.3, -0.25) is 14.9 Å². The number of amides is 4. The molecular weight excluding hydrogens is 494 g/mol. The SMILES string of the molecule is Cc1cc(-n2c(C)cc(/C=C3\C(=O)NC(=O)N(c4ccc(Cl)cc4)C3=O)c2C)ccc1Br. The van der Waals surface area contributed by atoms with Crippen molar-refractivity contribution in [2.24, 2.45) is 0 Å². The zero-order chi connectivity index (χ0) is 23.2. The first-order valence-electron chi connectivity index (χ1n) is 9.80. The lowest BCUT2D eigenvalue weighted by atomic mass is 10.1. The molecule has 0 atom stereocenters. The predicted octanol–water partition coefficient (Wildman–Crippen LogP) is 5.48. The minimum Gasteiger partial charge on any atom is -0.318 e. The summed E-state index contributed by atoms with van der Waals surface area (Å²) in [7, 11) is 0. The zero-order valence-electron chi connectivity index (χ0n) is 17.6. The number of halogens is 2. The average Bonchev–Trinajstić information content (AvgIpc) is 3.01. The number of hydrogen-bond acceptors (Lipinski definition) is 3. The fourth-order valence-electron chi connectivity index (χ4n) is 3.74. The van der Waals surface area contributed by atoms with Crippen molar-refractivity contribution in [3.63, 3.8) is 0 Å². The van der Waals surface area contributed by atoms with Crippen LogP contribution in [0.25, 0.3) is 11.8 Å². The van der Waals surface area contributed by atoms with Crippen LogP contribution in [0.1, 0.15) is 22.5 Å². The summed E-state index contributed by atoms with van der Waals surface area (Å²) < 4.78 is 3.07. The molecule has 1 saturated heterocycles. The molecule has 1 aliphatic rings. The molecule has 3 aromatic rings. The summed E-state index contributed by atoms with van der Waals surface area (Å²) in [5.74, 6) is -1.42. The molecule has 32 heavy (non-hydrogen) atoms. The van der Waals surface area contributed by atoms with Crippen molar-refractivity contribution in [3.05, 3.63) is 86.1 Å². The topological polar surface area (TPSA) is 71.4 Å². The number of barbiturate groups is 1. The Balaban J connectivity index is 1.76. The van der Waals surface area contributed by atoms with Crippen LogP contribution < -0.4 is 10.2 Å². The van der Waals surface area contributed by atoms with E-state index in [0.717, 1.165) is 32.0 Å². The number of carbonyl (C=O) groups excluding carboxylic acids is 3. The normalized spacial score (nSPS) is 15.5. The van der Waals surface area contributed by atoms with Gasteiger partial charge >= 0.3 is 6.03 Å². The molecule has 2 aromatic carbocycles. The zero-order valence-corrected chi connectivity index (χ0v) is 19.9. The van der Waals surface area contributed by atoms with E-state index in [1.165, 1.54) is 6.08 Å². The Hall–Kier alpha value is -3.16. The lowest BCUT2D eigenvalue weighted by Crippen LogP contribution is -2.54. The van der Waals surface area contributed by atoms with Gasteiger partial charge in [-0.25, -0.2) is 9.69 Å². The molecule has 0 unspecified atom stereocenters. The first-order chi connectivity index (χ1) is 15.2. The standard InChI is InChI=1S/C24H19BrClN3O3/c1-13-10-19(8-9-21(13)25)28-14(2)11-16(15(28)3)12-20-22(30)27-24(32)29(23(20)31)18-6-4-17(26)5-7-18/h4-12H,1-3H3,(H,27,30,32)/b20-12+. The summed E-state index contributed by atoms with van der Waals surface area (Å²) in [5, 5.41) is 2.72. The molecule has 1 N–H and O–H groups in total. The molecule has 4 rings (SSSR count). The second-order valence-corrected chi connectivity index (χ2v) is 8.82. The van der Waals surface area contributed by atoms with Gasteiger partial charge < -0.3 is 4.57 Å². The Bertz CT molecular complexity index is 1310. The van der Waals surface area contributed by atoms with E-state index in [0.29, 0.717) is 16.3 Å². The van der Waals surface area contributed by atoms with Crippen LogP contribution in [0.2, 0.25) is 5.02 Å². The van der Waals surface area contributed by atoms with Crippen molar-refractivity contribution in [2.75, 3.05) is 4.90 Å². The van der Waals surface area contributed by atoms with Gasteiger partial charge in [-0.15, -0.1) is 0 Å². The molecular formula is C24H19BrClN3O3. The molecule has 8 heteroatoms. The summed E-state index contributed by atoms with van der Waals surface area (Å²) in [5.41, 5.74) is 4.80. The number of urea groups is 1. The molecule has 0 spiro atoms. The van der Waals surface area contributed by atoms with Gasteiger partial charge in [0.2, 0.25) is 0 Å². The Morgan fingerprint density at radius 2 is 1.59 bits per heavy atom. The molecule has 1 fully saturated rings. The molecule has 2 heterocycles. The van der Waals surface area contributed by atoms with Crippen LogP contribution in [0.15, 0.2) is 58.6 Å². The highest BCUT2D eigenvalue weighted by atomic mass is 79.9. The number of nitrogens with one attached hydrogen (secondary N) is 1. The monoisotopic (exact) mass is 511 g/mol. The van der Waals surface area contributed by atoms with E-state index in [9.17, 15) is 14.4 Å². The van der Waals surface area contributed by atoms with Gasteiger partial charge in [-0.2, -0.15) is 0 Å². The number of aryl methyl sites for hydroxylation is 2. The third kappa shape index (κ3) is 3.89. The lowest BCUT2D eigenvalue weighted by Gasteiger charge is -2.26. The minimum atomic E-state index is -0.796. The van der Waals surface area contributed by atoms with E-state index in [1.54, 1.807) is 24.3 Å². The number of hydrogen-bond donors (Lipinski definition) is 1. The van der Waals surface area contributed by atoms with Crippen LogP contribution in [-0.4, -0.2) is 22.4 Å². The highest BCUT2D eigenvalue weighted by Crippen LogP contribution is 2.28. The number of rotatable bonds is 3. The number of carbonyl (C=O) groups is 3. The number of benzene rings is 2. The predicted molar refractivity (Wildman–Crippen MR) is 128 cm³/mol. The second-order valence-electron chi connectivity index (χ2n) is 7.53. The maximum atomic E-state index is 13.1. The van der Waals surface area contributed by atoms with Gasteiger partial charge in [0, 0.05) is 26.6 Å². The number of imide groups is 2. The molecule has 0 saturated carbocycles. The summed E-state index contributed by atoms with van der Waals surface area (Å²) in [4.78, 5) is 39.0. The maximum absolute atomic E-state index is 13.1. The van der Waals surface area contributed by atoms with Crippen molar-refractivity contribution < 1.29 is 14.4 Å². The van der Waals surface area contributed by atoms with Crippen LogP contribution in [0.5, 0.6) is 0 Å². The van der Waals surface area contributed by atoms with Gasteiger partial charge in [0.25, 0.3) is 11.8 Å². The van der Waals surface area contributed by atoms with E-state index in [-0.39, 0.29) is 5.57 Å². The van der Waals surface area contributed by atoms with Crippen molar-refractivity contribution >= 4 is 57.1 Å². The van der Waals surface area contributed by atoms with Crippen LogP contribution in [0, 0.1) is 20.8 Å². The highest BCUT2D eigenvalue weighted by Gasteiger charge is 2.37. The molecule has 1 aromatic heterocycles. The Kier molecular flexibility index (Phi) is 5.79. The van der Waals surface area contributed by atoms with E-state index in [2.05, 4.69) is 31.9 Å². The average molecular weight is 513 g/mol. The highest BCUT2D eigenvalue weighted by molar-refractivity contribution is 9.10. The number of nitrogens with zero attached hydrogens (tertiary/aromatic N) is 2. The molecule has 162 valence electrons. The maximum Gasteiger partial charge on any atom is 0.335 e. The van der Waals surface area contributed by atoms with E-state index < -0.39 is 17.8 Å². The third-order valence-corrected chi connectivity index (χ3v) is 6.50. The first kappa shape index (κ1) is 22.0. The van der Waals surface area contributed by atoms with Crippen LogP contribution >= 0.6 is 27.5 Å². The molecule has 0 bridgehead atoms. The van der Waals surface area contributed by atoms with Crippen molar-refractivity contribution in [3.8, 4) is 5.69 Å². The van der Waals surface area contributed by atoms with Gasteiger partial charge in [0.1, 0.15) is 5.57 Å². The minimum absolute atomic E-state index is 0.119. The van der Waals surface area contributed by atoms with Crippen molar-refractivity contribution in [1.29, 1.82) is 0 Å². The van der Waals surface area contributed by atoms with Gasteiger partial charge in [0.05, 0.1) is 5.69 Å². The molecule has 1 aliphatic heterocycles. The molecule has 0 aliphatic carbocycles. The van der Waals surface area contributed by atoms with Gasteiger partial charge in [-0.05, 0) is 86.5 Å². The fraction of sp³-hybridized carbons (Fsp3) is 0.125. The largest absolute Gasteiger partial charge is 0.335 e. The van der Waals surface area contributed by atoms with Crippen LogP contribution in [0.4, 0.5) is 10.5 Å². The molecule has 0 radical (unpaired) electrons. The van der Waals surface area contributed by atoms with Gasteiger partial charge in [0.15, 0.2) is 0 Å².